The zero-order valence-corrected chi connectivity index (χ0v) is 12.9. The van der Waals surface area contributed by atoms with Crippen molar-refractivity contribution in [1.29, 1.82) is 0 Å². The summed E-state index contributed by atoms with van der Waals surface area (Å²) in [6.45, 7) is 0.383. The molecule has 2 aliphatic rings. The summed E-state index contributed by atoms with van der Waals surface area (Å²) in [5.41, 5.74) is -0.337. The zero-order chi connectivity index (χ0) is 17.5. The Morgan fingerprint density at radius 1 is 1.33 bits per heavy atom. The quantitative estimate of drug-likeness (QED) is 0.625. The number of rotatable bonds is 3. The zero-order valence-electron chi connectivity index (χ0n) is 12.9. The number of benzene rings is 1. The van der Waals surface area contributed by atoms with Gasteiger partial charge in [-0.05, 0) is 30.9 Å². The lowest BCUT2D eigenvalue weighted by Gasteiger charge is -2.27. The number of carbonyl (C=O) groups excluding carboxylic acids is 2. The van der Waals surface area contributed by atoms with Gasteiger partial charge in [0.15, 0.2) is 0 Å². The third-order valence-electron chi connectivity index (χ3n) is 4.25. The van der Waals surface area contributed by atoms with Crippen molar-refractivity contribution in [2.24, 2.45) is 5.92 Å². The van der Waals surface area contributed by atoms with Crippen molar-refractivity contribution in [1.82, 2.24) is 4.90 Å². The Hall–Kier alpha value is -2.25. The number of amides is 1. The molecule has 8 heteroatoms. The van der Waals surface area contributed by atoms with Gasteiger partial charge in [0.05, 0.1) is 18.7 Å². The highest BCUT2D eigenvalue weighted by molar-refractivity contribution is 6.32. The van der Waals surface area contributed by atoms with Crippen LogP contribution in [0.1, 0.15) is 30.0 Å². The Kier molecular flexibility index (Phi) is 4.15. The molecule has 1 amide bonds. The second-order valence-electron chi connectivity index (χ2n) is 5.97. The molecule has 0 N–H and O–H groups in total. The second-order valence-corrected chi connectivity index (χ2v) is 5.97. The number of nitrogens with zero attached hydrogens (tertiary/aromatic N) is 1. The normalized spacial score (nSPS) is 19.4. The molecule has 1 heterocycles. The fraction of sp³-hybridized carbons (Fsp3) is 0.500. The third-order valence-corrected chi connectivity index (χ3v) is 4.25. The highest BCUT2D eigenvalue weighted by atomic mass is 19.4. The SMILES string of the molecule is COC(=O)C(=O)N(CC1CC1)C1COc2cc(C(F)(F)F)ccc21. The van der Waals surface area contributed by atoms with Gasteiger partial charge < -0.3 is 14.4 Å². The lowest BCUT2D eigenvalue weighted by Crippen LogP contribution is -2.41. The molecule has 1 fully saturated rings. The molecule has 0 aromatic heterocycles. The van der Waals surface area contributed by atoms with Crippen LogP contribution in [0.5, 0.6) is 5.75 Å². The molecule has 0 radical (unpaired) electrons. The van der Waals surface area contributed by atoms with Gasteiger partial charge in [-0.15, -0.1) is 0 Å². The summed E-state index contributed by atoms with van der Waals surface area (Å²) in [6.07, 6.45) is -2.55. The highest BCUT2D eigenvalue weighted by Gasteiger charge is 2.40. The van der Waals surface area contributed by atoms with Crippen LogP contribution in [0.15, 0.2) is 18.2 Å². The molecule has 1 saturated carbocycles. The van der Waals surface area contributed by atoms with E-state index in [-0.39, 0.29) is 12.4 Å². The number of fused-ring (bicyclic) bond motifs is 1. The minimum atomic E-state index is -4.47. The average molecular weight is 343 g/mol. The van der Waals surface area contributed by atoms with Crippen LogP contribution in [0.2, 0.25) is 0 Å². The van der Waals surface area contributed by atoms with E-state index >= 15 is 0 Å². The molecule has 1 atom stereocenters. The average Bonchev–Trinajstić information content (AvgIpc) is 3.27. The standard InChI is InChI=1S/C16H16F3NO4/c1-23-15(22)14(21)20(7-9-2-3-9)12-8-24-13-6-10(16(17,18)19)4-5-11(12)13/h4-6,9,12H,2-3,7-8H2,1H3. The van der Waals surface area contributed by atoms with Gasteiger partial charge in [0.25, 0.3) is 0 Å². The van der Waals surface area contributed by atoms with Gasteiger partial charge in [-0.2, -0.15) is 13.2 Å². The predicted molar refractivity (Wildman–Crippen MR) is 76.1 cm³/mol. The Morgan fingerprint density at radius 3 is 2.62 bits per heavy atom. The monoisotopic (exact) mass is 343 g/mol. The lowest BCUT2D eigenvalue weighted by atomic mass is 10.0. The Morgan fingerprint density at radius 2 is 2.04 bits per heavy atom. The second kappa shape index (κ2) is 5.99. The Bertz CT molecular complexity index is 670. The summed E-state index contributed by atoms with van der Waals surface area (Å²) in [4.78, 5) is 25.2. The van der Waals surface area contributed by atoms with Crippen molar-refractivity contribution in [3.8, 4) is 5.75 Å². The summed E-state index contributed by atoms with van der Waals surface area (Å²) in [5.74, 6) is -1.40. The van der Waals surface area contributed by atoms with Crippen LogP contribution in [0.3, 0.4) is 0 Å². The summed E-state index contributed by atoms with van der Waals surface area (Å²) >= 11 is 0. The molecule has 0 bridgehead atoms. The molecule has 1 unspecified atom stereocenters. The van der Waals surface area contributed by atoms with Crippen LogP contribution >= 0.6 is 0 Å². The topological polar surface area (TPSA) is 55.8 Å². The van der Waals surface area contributed by atoms with E-state index < -0.39 is 29.7 Å². The summed E-state index contributed by atoms with van der Waals surface area (Å²) in [7, 11) is 1.12. The van der Waals surface area contributed by atoms with E-state index in [1.54, 1.807) is 0 Å². The molecule has 1 aromatic carbocycles. The van der Waals surface area contributed by atoms with Gasteiger partial charge in [0, 0.05) is 12.1 Å². The first-order valence-corrected chi connectivity index (χ1v) is 7.54. The van der Waals surface area contributed by atoms with Crippen molar-refractivity contribution in [2.45, 2.75) is 25.1 Å². The molecule has 0 saturated heterocycles. The first kappa shape index (κ1) is 16.6. The van der Waals surface area contributed by atoms with E-state index in [1.807, 2.05) is 0 Å². The number of hydrogen-bond donors (Lipinski definition) is 0. The van der Waals surface area contributed by atoms with Crippen molar-refractivity contribution in [3.63, 3.8) is 0 Å². The van der Waals surface area contributed by atoms with Gasteiger partial charge in [0.1, 0.15) is 12.4 Å². The number of carbonyl (C=O) groups is 2. The number of ether oxygens (including phenoxy) is 2. The van der Waals surface area contributed by atoms with E-state index in [9.17, 15) is 22.8 Å². The van der Waals surface area contributed by atoms with E-state index in [2.05, 4.69) is 4.74 Å². The first-order valence-electron chi connectivity index (χ1n) is 7.54. The summed E-state index contributed by atoms with van der Waals surface area (Å²) in [6, 6.07) is 2.60. The fourth-order valence-corrected chi connectivity index (χ4v) is 2.76. The van der Waals surface area contributed by atoms with Gasteiger partial charge in [0.2, 0.25) is 0 Å². The van der Waals surface area contributed by atoms with E-state index in [1.165, 1.54) is 11.0 Å². The molecule has 24 heavy (non-hydrogen) atoms. The minimum absolute atomic E-state index is 0.0199. The van der Waals surface area contributed by atoms with Crippen molar-refractivity contribution in [2.75, 3.05) is 20.3 Å². The van der Waals surface area contributed by atoms with Crippen LogP contribution in [-0.2, 0) is 20.5 Å². The number of hydrogen-bond acceptors (Lipinski definition) is 4. The Labute approximate surface area is 136 Å². The van der Waals surface area contributed by atoms with Crippen molar-refractivity contribution in [3.05, 3.63) is 29.3 Å². The van der Waals surface area contributed by atoms with Gasteiger partial charge in [-0.25, -0.2) is 4.79 Å². The van der Waals surface area contributed by atoms with Gasteiger partial charge in [-0.1, -0.05) is 6.07 Å². The Balaban J connectivity index is 1.88. The maximum atomic E-state index is 12.8. The molecule has 1 aliphatic heterocycles. The molecule has 5 nitrogen and oxygen atoms in total. The summed E-state index contributed by atoms with van der Waals surface area (Å²) in [5, 5.41) is 0. The number of esters is 1. The number of methoxy groups -OCH3 is 1. The van der Waals surface area contributed by atoms with Crippen molar-refractivity contribution >= 4 is 11.9 Å². The van der Waals surface area contributed by atoms with Crippen LogP contribution in [0, 0.1) is 5.92 Å². The maximum absolute atomic E-state index is 12.8. The van der Waals surface area contributed by atoms with Crippen LogP contribution in [0.25, 0.3) is 0 Å². The van der Waals surface area contributed by atoms with E-state index in [4.69, 9.17) is 4.74 Å². The van der Waals surface area contributed by atoms with Gasteiger partial charge in [-0.3, -0.25) is 4.79 Å². The molecular weight excluding hydrogens is 327 g/mol. The molecular formula is C16H16F3NO4. The molecule has 1 aromatic rings. The molecule has 1 aliphatic carbocycles. The van der Waals surface area contributed by atoms with Crippen LogP contribution in [-0.4, -0.2) is 37.0 Å². The van der Waals surface area contributed by atoms with E-state index in [0.717, 1.165) is 32.1 Å². The highest BCUT2D eigenvalue weighted by Crippen LogP contribution is 2.42. The fourth-order valence-electron chi connectivity index (χ4n) is 2.76. The van der Waals surface area contributed by atoms with E-state index in [0.29, 0.717) is 18.0 Å². The number of alkyl halides is 3. The van der Waals surface area contributed by atoms with Crippen molar-refractivity contribution < 1.29 is 32.2 Å². The third kappa shape index (κ3) is 3.18. The molecule has 0 spiro atoms. The summed E-state index contributed by atoms with van der Waals surface area (Å²) < 4.78 is 48.2. The maximum Gasteiger partial charge on any atom is 0.416 e. The molecule has 130 valence electrons. The minimum Gasteiger partial charge on any atom is -0.491 e. The largest absolute Gasteiger partial charge is 0.491 e. The van der Waals surface area contributed by atoms with Crippen LogP contribution < -0.4 is 4.74 Å². The smallest absolute Gasteiger partial charge is 0.416 e. The number of halogens is 3. The first-order chi connectivity index (χ1) is 11.3. The predicted octanol–water partition coefficient (Wildman–Crippen LogP) is 2.55. The lowest BCUT2D eigenvalue weighted by molar-refractivity contribution is -0.159. The molecule has 3 rings (SSSR count). The van der Waals surface area contributed by atoms with Gasteiger partial charge >= 0.3 is 18.1 Å². The van der Waals surface area contributed by atoms with Crippen LogP contribution in [0.4, 0.5) is 13.2 Å².